The summed E-state index contributed by atoms with van der Waals surface area (Å²) in [5, 5.41) is 15.2. The lowest BCUT2D eigenvalue weighted by Crippen LogP contribution is -2.30. The first-order valence-corrected chi connectivity index (χ1v) is 11.9. The molecule has 0 aliphatic rings. The summed E-state index contributed by atoms with van der Waals surface area (Å²) in [6.07, 6.45) is 1.94. The summed E-state index contributed by atoms with van der Waals surface area (Å²) in [4.78, 5) is 24.9. The summed E-state index contributed by atoms with van der Waals surface area (Å²) >= 11 is 7.34. The summed E-state index contributed by atoms with van der Waals surface area (Å²) < 4.78 is 6.98. The number of benzene rings is 2. The van der Waals surface area contributed by atoms with Crippen LogP contribution in [-0.2, 0) is 22.6 Å². The number of methoxy groups -OCH3 is 1. The van der Waals surface area contributed by atoms with Gasteiger partial charge in [-0.1, -0.05) is 53.7 Å². The van der Waals surface area contributed by atoms with E-state index < -0.39 is 0 Å². The molecule has 0 radical (unpaired) electrons. The van der Waals surface area contributed by atoms with E-state index in [1.165, 1.54) is 11.8 Å². The monoisotopic (exact) mass is 499 g/mol. The van der Waals surface area contributed by atoms with E-state index in [4.69, 9.17) is 16.3 Å². The number of anilines is 1. The van der Waals surface area contributed by atoms with Crippen molar-refractivity contribution in [3.05, 3.63) is 77.6 Å². The Balaban J connectivity index is 1.61. The molecular weight excluding hydrogens is 474 g/mol. The molecule has 0 unspecified atom stereocenters. The molecule has 34 heavy (non-hydrogen) atoms. The minimum Gasteiger partial charge on any atom is -0.497 e. The third-order valence-electron chi connectivity index (χ3n) is 4.83. The number of nitrogens with one attached hydrogen (secondary N) is 2. The zero-order valence-corrected chi connectivity index (χ0v) is 20.5. The van der Waals surface area contributed by atoms with Gasteiger partial charge >= 0.3 is 0 Å². The van der Waals surface area contributed by atoms with E-state index in [2.05, 4.69) is 27.4 Å². The molecule has 178 valence electrons. The Labute approximate surface area is 207 Å². The SMILES string of the molecule is C=CCn1c(SCC(=O)Nc2ccccc2Cl)nnc1[C@H](C)NC(=O)Cc1ccc(OC)cc1. The smallest absolute Gasteiger partial charge is 0.234 e. The van der Waals surface area contributed by atoms with Crippen LogP contribution in [0.5, 0.6) is 5.75 Å². The summed E-state index contributed by atoms with van der Waals surface area (Å²) in [6, 6.07) is 14.0. The van der Waals surface area contributed by atoms with Crippen LogP contribution in [0.1, 0.15) is 24.4 Å². The third kappa shape index (κ3) is 6.85. The third-order valence-corrected chi connectivity index (χ3v) is 6.12. The second-order valence-corrected chi connectivity index (χ2v) is 8.72. The second-order valence-electron chi connectivity index (χ2n) is 7.37. The number of hydrogen-bond acceptors (Lipinski definition) is 6. The first kappa shape index (κ1) is 25.3. The Morgan fingerprint density at radius 1 is 1.18 bits per heavy atom. The number of carbonyl (C=O) groups is 2. The molecule has 0 bridgehead atoms. The highest BCUT2D eigenvalue weighted by atomic mass is 35.5. The van der Waals surface area contributed by atoms with Gasteiger partial charge in [0.25, 0.3) is 0 Å². The van der Waals surface area contributed by atoms with Gasteiger partial charge in [0.15, 0.2) is 11.0 Å². The number of carbonyl (C=O) groups excluding carboxylic acids is 2. The van der Waals surface area contributed by atoms with Gasteiger partial charge in [-0.2, -0.15) is 0 Å². The van der Waals surface area contributed by atoms with Crippen molar-refractivity contribution in [2.24, 2.45) is 0 Å². The summed E-state index contributed by atoms with van der Waals surface area (Å²) in [7, 11) is 1.60. The normalized spacial score (nSPS) is 11.5. The van der Waals surface area contributed by atoms with Gasteiger partial charge in [0, 0.05) is 6.54 Å². The predicted octanol–water partition coefficient (Wildman–Crippen LogP) is 4.28. The fraction of sp³-hybridized carbons (Fsp3) is 0.250. The quantitative estimate of drug-likeness (QED) is 0.302. The Morgan fingerprint density at radius 3 is 2.59 bits per heavy atom. The molecule has 2 aromatic carbocycles. The maximum atomic E-state index is 12.6. The van der Waals surface area contributed by atoms with Crippen LogP contribution in [0.25, 0.3) is 0 Å². The average molecular weight is 500 g/mol. The Bertz CT molecular complexity index is 1150. The average Bonchev–Trinajstić information content (AvgIpc) is 3.22. The van der Waals surface area contributed by atoms with Crippen LogP contribution in [0.4, 0.5) is 5.69 Å². The van der Waals surface area contributed by atoms with Gasteiger partial charge in [-0.3, -0.25) is 9.59 Å². The Kier molecular flexibility index (Phi) is 9.12. The van der Waals surface area contributed by atoms with Crippen molar-refractivity contribution < 1.29 is 14.3 Å². The highest BCUT2D eigenvalue weighted by Crippen LogP contribution is 2.23. The van der Waals surface area contributed by atoms with Crippen molar-refractivity contribution in [1.29, 1.82) is 0 Å². The molecule has 0 aliphatic heterocycles. The van der Waals surface area contributed by atoms with Crippen molar-refractivity contribution in [2.75, 3.05) is 18.2 Å². The van der Waals surface area contributed by atoms with Crippen molar-refractivity contribution in [2.45, 2.75) is 31.1 Å². The second kappa shape index (κ2) is 12.2. The van der Waals surface area contributed by atoms with E-state index in [1.807, 2.05) is 35.8 Å². The van der Waals surface area contributed by atoms with Crippen molar-refractivity contribution in [1.82, 2.24) is 20.1 Å². The van der Waals surface area contributed by atoms with Crippen molar-refractivity contribution in [3.8, 4) is 5.75 Å². The van der Waals surface area contributed by atoms with Gasteiger partial charge in [0.1, 0.15) is 5.75 Å². The molecule has 10 heteroatoms. The molecule has 1 heterocycles. The molecule has 1 atom stereocenters. The van der Waals surface area contributed by atoms with Crippen LogP contribution >= 0.6 is 23.4 Å². The van der Waals surface area contributed by atoms with E-state index in [9.17, 15) is 9.59 Å². The number of hydrogen-bond donors (Lipinski definition) is 2. The highest BCUT2D eigenvalue weighted by Gasteiger charge is 2.20. The molecule has 0 spiro atoms. The number of para-hydroxylation sites is 1. The maximum Gasteiger partial charge on any atom is 0.234 e. The van der Waals surface area contributed by atoms with Crippen LogP contribution in [-0.4, -0.2) is 39.4 Å². The summed E-state index contributed by atoms with van der Waals surface area (Å²) in [6.45, 7) is 6.07. The van der Waals surface area contributed by atoms with Crippen molar-refractivity contribution >= 4 is 40.9 Å². The van der Waals surface area contributed by atoms with Crippen LogP contribution in [0.2, 0.25) is 5.02 Å². The first-order valence-electron chi connectivity index (χ1n) is 10.5. The van der Waals surface area contributed by atoms with Gasteiger partial charge in [0.2, 0.25) is 11.8 Å². The minimum atomic E-state index is -0.385. The number of amides is 2. The number of rotatable bonds is 11. The molecule has 1 aromatic heterocycles. The number of nitrogens with zero attached hydrogens (tertiary/aromatic N) is 3. The van der Waals surface area contributed by atoms with E-state index in [-0.39, 0.29) is 30.0 Å². The molecule has 0 aliphatic carbocycles. The Hall–Kier alpha value is -3.30. The molecular formula is C24H26ClN5O3S. The minimum absolute atomic E-state index is 0.124. The van der Waals surface area contributed by atoms with E-state index in [1.54, 1.807) is 37.5 Å². The molecule has 3 rings (SSSR count). The molecule has 2 amide bonds. The molecule has 3 aromatic rings. The number of ether oxygens (including phenoxy) is 1. The van der Waals surface area contributed by atoms with Crippen LogP contribution in [0.3, 0.4) is 0 Å². The van der Waals surface area contributed by atoms with Gasteiger partial charge < -0.3 is 19.9 Å². The lowest BCUT2D eigenvalue weighted by atomic mass is 10.1. The van der Waals surface area contributed by atoms with Gasteiger partial charge in [-0.05, 0) is 36.8 Å². The maximum absolute atomic E-state index is 12.6. The van der Waals surface area contributed by atoms with Gasteiger partial charge in [0.05, 0.1) is 36.0 Å². The largest absolute Gasteiger partial charge is 0.497 e. The lowest BCUT2D eigenvalue weighted by Gasteiger charge is -2.15. The summed E-state index contributed by atoms with van der Waals surface area (Å²) in [5.74, 6) is 1.09. The molecule has 0 fully saturated rings. The zero-order chi connectivity index (χ0) is 24.5. The van der Waals surface area contributed by atoms with Crippen LogP contribution < -0.4 is 15.4 Å². The zero-order valence-electron chi connectivity index (χ0n) is 19.0. The number of allylic oxidation sites excluding steroid dienone is 1. The van der Waals surface area contributed by atoms with Crippen LogP contribution in [0, 0.1) is 0 Å². The lowest BCUT2D eigenvalue weighted by molar-refractivity contribution is -0.121. The fourth-order valence-electron chi connectivity index (χ4n) is 3.19. The van der Waals surface area contributed by atoms with E-state index in [0.29, 0.717) is 28.2 Å². The van der Waals surface area contributed by atoms with Gasteiger partial charge in [-0.25, -0.2) is 0 Å². The molecule has 8 nitrogen and oxygen atoms in total. The Morgan fingerprint density at radius 2 is 1.91 bits per heavy atom. The fourth-order valence-corrected chi connectivity index (χ4v) is 4.13. The number of aromatic nitrogens is 3. The number of thioether (sulfide) groups is 1. The van der Waals surface area contributed by atoms with Crippen molar-refractivity contribution in [3.63, 3.8) is 0 Å². The van der Waals surface area contributed by atoms with Gasteiger partial charge in [-0.15, -0.1) is 16.8 Å². The number of halogens is 1. The predicted molar refractivity (Wildman–Crippen MR) is 134 cm³/mol. The molecule has 0 saturated heterocycles. The summed E-state index contributed by atoms with van der Waals surface area (Å²) in [5.41, 5.74) is 1.43. The van der Waals surface area contributed by atoms with E-state index >= 15 is 0 Å². The van der Waals surface area contributed by atoms with Crippen LogP contribution in [0.15, 0.2) is 66.3 Å². The topological polar surface area (TPSA) is 98.1 Å². The highest BCUT2D eigenvalue weighted by molar-refractivity contribution is 7.99. The molecule has 0 saturated carbocycles. The van der Waals surface area contributed by atoms with E-state index in [0.717, 1.165) is 11.3 Å². The first-order chi connectivity index (χ1) is 16.4. The molecule has 2 N–H and O–H groups in total. The standard InChI is InChI=1S/C24H26ClN5O3S/c1-4-13-30-23(16(2)26-21(31)14-17-9-11-18(33-3)12-10-17)28-29-24(30)34-15-22(32)27-20-8-6-5-7-19(20)25/h4-12,16H,1,13-15H2,2-3H3,(H,26,31)(H,27,32)/t16-/m0/s1.